The van der Waals surface area contributed by atoms with Crippen molar-refractivity contribution in [1.82, 2.24) is 0 Å². The highest BCUT2D eigenvalue weighted by atomic mass is 16.6. The Morgan fingerprint density at radius 1 is 0.316 bits per heavy atom. The number of carbonyl (C=O) groups excluding carboxylic acids is 4. The van der Waals surface area contributed by atoms with Gasteiger partial charge in [-0.1, -0.05) is 121 Å². The summed E-state index contributed by atoms with van der Waals surface area (Å²) in [4.78, 5) is 57.3. The Bertz CT molecular complexity index is 1370. The topological polar surface area (TPSA) is 86.7 Å². The van der Waals surface area contributed by atoms with Gasteiger partial charge < -0.3 is 9.47 Å². The van der Waals surface area contributed by atoms with Crippen LogP contribution in [0.5, 0.6) is 0 Å². The average molecular weight is 501 g/mol. The van der Waals surface area contributed by atoms with Crippen molar-refractivity contribution in [2.24, 2.45) is 0 Å². The summed E-state index contributed by atoms with van der Waals surface area (Å²) in [6.07, 6.45) is 0. The molecule has 4 aromatic rings. The zero-order chi connectivity index (χ0) is 26.2. The van der Waals surface area contributed by atoms with Gasteiger partial charge in [0, 0.05) is 0 Å². The second-order valence-electron chi connectivity index (χ2n) is 9.82. The molecule has 2 saturated heterocycles. The monoisotopic (exact) mass is 500 g/mol. The van der Waals surface area contributed by atoms with Crippen molar-refractivity contribution in [3.8, 4) is 0 Å². The van der Waals surface area contributed by atoms with Crippen LogP contribution in [0.3, 0.4) is 0 Å². The molecule has 1 aliphatic carbocycles. The van der Waals surface area contributed by atoms with Crippen LogP contribution < -0.4 is 0 Å². The molecule has 0 bridgehead atoms. The van der Waals surface area contributed by atoms with Gasteiger partial charge >= 0.3 is 23.9 Å². The van der Waals surface area contributed by atoms with Gasteiger partial charge in [-0.15, -0.1) is 0 Å². The lowest BCUT2D eigenvalue weighted by atomic mass is 9.21. The summed E-state index contributed by atoms with van der Waals surface area (Å²) in [6.45, 7) is 0. The van der Waals surface area contributed by atoms with Gasteiger partial charge in [-0.25, -0.2) is 0 Å². The Morgan fingerprint density at radius 2 is 0.500 bits per heavy atom. The summed E-state index contributed by atoms with van der Waals surface area (Å²) in [5.74, 6) is -3.56. The Labute approximate surface area is 217 Å². The van der Waals surface area contributed by atoms with Gasteiger partial charge in [-0.3, -0.25) is 19.2 Å². The lowest BCUT2D eigenvalue weighted by Crippen LogP contribution is -2.90. The minimum Gasteiger partial charge on any atom is -0.392 e. The Balaban J connectivity index is 1.79. The smallest absolute Gasteiger partial charge is 0.327 e. The molecule has 0 aromatic heterocycles. The molecule has 4 aromatic carbocycles. The molecule has 0 amide bonds. The number of hydrogen-bond donors (Lipinski definition) is 0. The van der Waals surface area contributed by atoms with Crippen LogP contribution in [-0.2, 0) is 50.3 Å². The number of rotatable bonds is 4. The Morgan fingerprint density at radius 3 is 0.684 bits per heavy atom. The maximum atomic E-state index is 14.3. The molecule has 0 radical (unpaired) electrons. The van der Waals surface area contributed by atoms with Crippen LogP contribution >= 0.6 is 0 Å². The van der Waals surface area contributed by atoms with E-state index in [2.05, 4.69) is 0 Å². The van der Waals surface area contributed by atoms with Crippen molar-refractivity contribution >= 4 is 23.9 Å². The van der Waals surface area contributed by atoms with E-state index in [0.717, 1.165) is 0 Å². The van der Waals surface area contributed by atoms with Gasteiger partial charge in [0.2, 0.25) is 0 Å². The van der Waals surface area contributed by atoms with E-state index in [9.17, 15) is 19.2 Å². The summed E-state index contributed by atoms with van der Waals surface area (Å²) < 4.78 is 11.1. The molecular formula is C32H20O6. The Kier molecular flexibility index (Phi) is 4.33. The maximum Gasteiger partial charge on any atom is 0.327 e. The predicted octanol–water partition coefficient (Wildman–Crippen LogP) is 3.92. The third-order valence-electron chi connectivity index (χ3n) is 8.67. The fraction of sp³-hybridized carbons (Fsp3) is 0.125. The molecule has 3 aliphatic rings. The number of hydrogen-bond acceptors (Lipinski definition) is 6. The third kappa shape index (κ3) is 2.00. The van der Waals surface area contributed by atoms with Crippen molar-refractivity contribution in [3.63, 3.8) is 0 Å². The van der Waals surface area contributed by atoms with Crippen LogP contribution in [0.2, 0.25) is 0 Å². The lowest BCUT2D eigenvalue weighted by Gasteiger charge is -2.69. The standard InChI is InChI=1S/C32H20O6/c33-25-29(21-13-5-1-6-14-21)30(26(34)37-25,22-15-7-2-8-16-22)32(24-19-11-4-12-20-24)28(36)38-27(35)31(29,32)23-17-9-3-10-18-23/h1-20H. The van der Waals surface area contributed by atoms with Crippen LogP contribution in [0.15, 0.2) is 121 Å². The number of carbonyl (C=O) groups is 4. The molecule has 2 heterocycles. The van der Waals surface area contributed by atoms with Crippen molar-refractivity contribution in [2.45, 2.75) is 21.7 Å². The van der Waals surface area contributed by atoms with E-state index in [0.29, 0.717) is 22.3 Å². The summed E-state index contributed by atoms with van der Waals surface area (Å²) in [6, 6.07) is 34.6. The summed E-state index contributed by atoms with van der Waals surface area (Å²) in [7, 11) is 0. The van der Waals surface area contributed by atoms with Crippen LogP contribution in [0.4, 0.5) is 0 Å². The first-order chi connectivity index (χ1) is 18.5. The van der Waals surface area contributed by atoms with E-state index in [1.165, 1.54) is 0 Å². The zero-order valence-corrected chi connectivity index (χ0v) is 20.0. The molecular weight excluding hydrogens is 480 g/mol. The second kappa shape index (κ2) is 7.35. The molecule has 2 aliphatic heterocycles. The van der Waals surface area contributed by atoms with Crippen LogP contribution in [0.25, 0.3) is 0 Å². The number of ether oxygens (including phenoxy) is 2. The third-order valence-corrected chi connectivity index (χ3v) is 8.67. The zero-order valence-electron chi connectivity index (χ0n) is 20.0. The molecule has 1 saturated carbocycles. The van der Waals surface area contributed by atoms with Gasteiger partial charge in [0.15, 0.2) is 0 Å². The molecule has 0 atom stereocenters. The van der Waals surface area contributed by atoms with Crippen molar-refractivity contribution in [3.05, 3.63) is 144 Å². The fourth-order valence-electron chi connectivity index (χ4n) is 7.72. The molecule has 38 heavy (non-hydrogen) atoms. The lowest BCUT2D eigenvalue weighted by molar-refractivity contribution is -0.171. The highest BCUT2D eigenvalue weighted by Gasteiger charge is 3.04. The van der Waals surface area contributed by atoms with E-state index >= 15 is 0 Å². The van der Waals surface area contributed by atoms with Crippen molar-refractivity contribution < 1.29 is 28.7 Å². The molecule has 7 rings (SSSR count). The predicted molar refractivity (Wildman–Crippen MR) is 135 cm³/mol. The molecule has 184 valence electrons. The van der Waals surface area contributed by atoms with Crippen molar-refractivity contribution in [2.75, 3.05) is 0 Å². The quantitative estimate of drug-likeness (QED) is 0.312. The van der Waals surface area contributed by atoms with Gasteiger partial charge in [-0.05, 0) is 22.3 Å². The average Bonchev–Trinajstić information content (AvgIpc) is 3.28. The van der Waals surface area contributed by atoms with E-state index < -0.39 is 45.5 Å². The Hall–Kier alpha value is -4.84. The summed E-state index contributed by atoms with van der Waals surface area (Å²) in [5, 5.41) is 0. The van der Waals surface area contributed by atoms with Gasteiger partial charge in [0.05, 0.1) is 0 Å². The molecule has 6 nitrogen and oxygen atoms in total. The summed E-state index contributed by atoms with van der Waals surface area (Å²) >= 11 is 0. The molecule has 0 unspecified atom stereocenters. The van der Waals surface area contributed by atoms with Gasteiger partial charge in [0.1, 0.15) is 21.7 Å². The van der Waals surface area contributed by atoms with Gasteiger partial charge in [-0.2, -0.15) is 0 Å². The largest absolute Gasteiger partial charge is 0.392 e. The minimum atomic E-state index is -1.93. The van der Waals surface area contributed by atoms with Gasteiger partial charge in [0.25, 0.3) is 0 Å². The van der Waals surface area contributed by atoms with E-state index in [1.54, 1.807) is 121 Å². The second-order valence-corrected chi connectivity index (χ2v) is 9.82. The highest BCUT2D eigenvalue weighted by Crippen LogP contribution is 2.84. The molecule has 0 N–H and O–H groups in total. The van der Waals surface area contributed by atoms with Crippen LogP contribution in [-0.4, -0.2) is 23.9 Å². The minimum absolute atomic E-state index is 0.391. The van der Waals surface area contributed by atoms with E-state index in [-0.39, 0.29) is 0 Å². The SMILES string of the molecule is O=C1OC(=O)C2(c3ccccc3)C1(c1ccccc1)C1(c3ccccc3)C(=O)OC(=O)C21c1ccccc1. The fourth-order valence-corrected chi connectivity index (χ4v) is 7.72. The normalized spacial score (nSPS) is 31.2. The van der Waals surface area contributed by atoms with Crippen LogP contribution in [0, 0.1) is 0 Å². The number of fused-ring (bicyclic) bond motifs is 4. The molecule has 6 heteroatoms. The number of cyclic esters (lactones) is 4. The first-order valence-corrected chi connectivity index (χ1v) is 12.3. The molecule has 0 spiro atoms. The number of benzene rings is 4. The molecule has 3 fully saturated rings. The van der Waals surface area contributed by atoms with Crippen LogP contribution in [0.1, 0.15) is 22.3 Å². The number of esters is 4. The van der Waals surface area contributed by atoms with E-state index in [4.69, 9.17) is 9.47 Å². The maximum absolute atomic E-state index is 14.3. The van der Waals surface area contributed by atoms with E-state index in [1.807, 2.05) is 0 Å². The first kappa shape index (κ1) is 22.4. The summed E-state index contributed by atoms with van der Waals surface area (Å²) in [5.41, 5.74) is -6.16. The highest BCUT2D eigenvalue weighted by molar-refractivity contribution is 6.28. The first-order valence-electron chi connectivity index (χ1n) is 12.3. The van der Waals surface area contributed by atoms with Crippen molar-refractivity contribution in [1.29, 1.82) is 0 Å².